The van der Waals surface area contributed by atoms with E-state index in [1.807, 2.05) is 28.7 Å². The summed E-state index contributed by atoms with van der Waals surface area (Å²) in [5.41, 5.74) is 6.54. The molecule has 3 nitrogen and oxygen atoms in total. The van der Waals surface area contributed by atoms with E-state index in [1.165, 1.54) is 12.2 Å². The highest BCUT2D eigenvalue weighted by atomic mass is 32.2. The van der Waals surface area contributed by atoms with Crippen molar-refractivity contribution in [2.75, 3.05) is 18.6 Å². The Hall–Kier alpha value is -0.480. The molecule has 1 aromatic heterocycles. The molecule has 0 radical (unpaired) electrons. The molecule has 74 valence electrons. The Morgan fingerprint density at radius 3 is 3.15 bits per heavy atom. The van der Waals surface area contributed by atoms with Crippen molar-refractivity contribution >= 4 is 11.8 Å². The van der Waals surface area contributed by atoms with Crippen molar-refractivity contribution in [1.29, 1.82) is 0 Å². The third-order valence-corrected chi connectivity index (χ3v) is 2.53. The maximum absolute atomic E-state index is 5.44. The van der Waals surface area contributed by atoms with Gasteiger partial charge in [-0.05, 0) is 31.0 Å². The average Bonchev–Trinajstić information content (AvgIpc) is 2.54. The summed E-state index contributed by atoms with van der Waals surface area (Å²) in [6.07, 6.45) is 6.23. The van der Waals surface area contributed by atoms with Gasteiger partial charge < -0.3 is 5.73 Å². The van der Waals surface area contributed by atoms with Crippen LogP contribution in [0.15, 0.2) is 12.3 Å². The van der Waals surface area contributed by atoms with Gasteiger partial charge in [-0.3, -0.25) is 4.68 Å². The predicted octanol–water partition coefficient (Wildman–Crippen LogP) is 1.14. The summed E-state index contributed by atoms with van der Waals surface area (Å²) < 4.78 is 2.00. The zero-order valence-electron chi connectivity index (χ0n) is 8.07. The molecule has 0 amide bonds. The van der Waals surface area contributed by atoms with E-state index in [9.17, 15) is 0 Å². The molecule has 1 aromatic rings. The van der Waals surface area contributed by atoms with Crippen molar-refractivity contribution in [2.45, 2.75) is 19.4 Å². The second-order valence-electron chi connectivity index (χ2n) is 2.96. The topological polar surface area (TPSA) is 43.8 Å². The molecular formula is C9H17N3S. The smallest absolute Gasteiger partial charge is 0.0637 e. The van der Waals surface area contributed by atoms with Crippen LogP contribution < -0.4 is 5.73 Å². The lowest BCUT2D eigenvalue weighted by molar-refractivity contribution is 0.597. The molecule has 0 aliphatic carbocycles. The second-order valence-corrected chi connectivity index (χ2v) is 3.94. The molecule has 0 unspecified atom stereocenters. The zero-order valence-corrected chi connectivity index (χ0v) is 8.89. The van der Waals surface area contributed by atoms with Gasteiger partial charge >= 0.3 is 0 Å². The summed E-state index contributed by atoms with van der Waals surface area (Å²) in [6.45, 7) is 1.70. The number of aryl methyl sites for hydroxylation is 1. The summed E-state index contributed by atoms with van der Waals surface area (Å²) in [5, 5.41) is 4.40. The second kappa shape index (κ2) is 6.05. The number of thioether (sulfide) groups is 1. The molecule has 2 N–H and O–H groups in total. The summed E-state index contributed by atoms with van der Waals surface area (Å²) >= 11 is 1.88. The van der Waals surface area contributed by atoms with Crippen LogP contribution in [-0.2, 0) is 13.0 Å². The molecule has 0 fully saturated rings. The van der Waals surface area contributed by atoms with Crippen molar-refractivity contribution < 1.29 is 0 Å². The van der Waals surface area contributed by atoms with Crippen molar-refractivity contribution in [3.05, 3.63) is 18.0 Å². The van der Waals surface area contributed by atoms with Crippen molar-refractivity contribution in [1.82, 2.24) is 9.78 Å². The molecule has 0 saturated heterocycles. The number of nitrogens with zero attached hydrogens (tertiary/aromatic N) is 2. The lowest BCUT2D eigenvalue weighted by Crippen LogP contribution is -2.05. The normalized spacial score (nSPS) is 10.6. The minimum atomic E-state index is 0.682. The molecular weight excluding hydrogens is 182 g/mol. The van der Waals surface area contributed by atoms with Gasteiger partial charge in [0.15, 0.2) is 0 Å². The van der Waals surface area contributed by atoms with Gasteiger partial charge in [-0.25, -0.2) is 0 Å². The first-order chi connectivity index (χ1) is 6.36. The van der Waals surface area contributed by atoms with Gasteiger partial charge in [0.1, 0.15) is 0 Å². The summed E-state index contributed by atoms with van der Waals surface area (Å²) in [4.78, 5) is 0. The lowest BCUT2D eigenvalue weighted by Gasteiger charge is -1.99. The van der Waals surface area contributed by atoms with E-state index in [0.29, 0.717) is 6.54 Å². The van der Waals surface area contributed by atoms with Gasteiger partial charge in [0, 0.05) is 19.2 Å². The van der Waals surface area contributed by atoms with E-state index in [1.54, 1.807) is 0 Å². The fraction of sp³-hybridized carbons (Fsp3) is 0.667. The van der Waals surface area contributed by atoms with E-state index in [0.717, 1.165) is 18.7 Å². The van der Waals surface area contributed by atoms with Crippen LogP contribution in [0, 0.1) is 0 Å². The molecule has 0 aliphatic rings. The number of hydrogen-bond donors (Lipinski definition) is 1. The molecule has 4 heteroatoms. The third-order valence-electron chi connectivity index (χ3n) is 1.83. The summed E-state index contributed by atoms with van der Waals surface area (Å²) in [5.74, 6) is 1.20. The quantitative estimate of drug-likeness (QED) is 0.699. The van der Waals surface area contributed by atoms with Crippen molar-refractivity contribution in [3.8, 4) is 0 Å². The minimum absolute atomic E-state index is 0.682. The van der Waals surface area contributed by atoms with Crippen molar-refractivity contribution in [3.63, 3.8) is 0 Å². The van der Waals surface area contributed by atoms with Crippen LogP contribution in [0.3, 0.4) is 0 Å². The van der Waals surface area contributed by atoms with Crippen LogP contribution >= 0.6 is 11.8 Å². The van der Waals surface area contributed by atoms with Crippen LogP contribution in [0.4, 0.5) is 0 Å². The van der Waals surface area contributed by atoms with E-state index >= 15 is 0 Å². The molecule has 0 atom stereocenters. The highest BCUT2D eigenvalue weighted by molar-refractivity contribution is 7.98. The fourth-order valence-corrected chi connectivity index (χ4v) is 1.60. The monoisotopic (exact) mass is 199 g/mol. The first-order valence-electron chi connectivity index (χ1n) is 4.58. The SMILES string of the molecule is CSCCCn1ccc(CCN)n1. The Bertz CT molecular complexity index is 235. The fourth-order valence-electron chi connectivity index (χ4n) is 1.18. The highest BCUT2D eigenvalue weighted by Gasteiger charge is 1.96. The minimum Gasteiger partial charge on any atom is -0.330 e. The number of nitrogens with two attached hydrogens (primary N) is 1. The standard InChI is InChI=1S/C9H17N3S/c1-13-8-2-6-12-7-4-9(11-12)3-5-10/h4,7H,2-3,5-6,8,10H2,1H3. The van der Waals surface area contributed by atoms with Crippen LogP contribution in [0.25, 0.3) is 0 Å². The number of aromatic nitrogens is 2. The zero-order chi connectivity index (χ0) is 9.52. The van der Waals surface area contributed by atoms with Gasteiger partial charge in [-0.1, -0.05) is 0 Å². The lowest BCUT2D eigenvalue weighted by atomic mass is 10.3. The van der Waals surface area contributed by atoms with Crippen LogP contribution in [0.5, 0.6) is 0 Å². The number of hydrogen-bond acceptors (Lipinski definition) is 3. The van der Waals surface area contributed by atoms with Crippen molar-refractivity contribution in [2.24, 2.45) is 5.73 Å². The first-order valence-corrected chi connectivity index (χ1v) is 5.97. The first kappa shape index (κ1) is 10.6. The Morgan fingerprint density at radius 2 is 2.46 bits per heavy atom. The number of rotatable bonds is 6. The molecule has 0 spiro atoms. The van der Waals surface area contributed by atoms with E-state index in [4.69, 9.17) is 5.73 Å². The maximum atomic E-state index is 5.44. The third kappa shape index (κ3) is 3.83. The molecule has 0 bridgehead atoms. The Balaban J connectivity index is 2.31. The van der Waals surface area contributed by atoms with E-state index in [2.05, 4.69) is 11.4 Å². The molecule has 1 heterocycles. The predicted molar refractivity (Wildman–Crippen MR) is 58.0 cm³/mol. The van der Waals surface area contributed by atoms with Gasteiger partial charge in [0.25, 0.3) is 0 Å². The summed E-state index contributed by atoms with van der Waals surface area (Å²) in [6, 6.07) is 2.05. The van der Waals surface area contributed by atoms with E-state index in [-0.39, 0.29) is 0 Å². The average molecular weight is 199 g/mol. The highest BCUT2D eigenvalue weighted by Crippen LogP contribution is 2.00. The Kier molecular flexibility index (Phi) is 4.93. The van der Waals surface area contributed by atoms with Gasteiger partial charge in [0.05, 0.1) is 5.69 Å². The maximum Gasteiger partial charge on any atom is 0.0637 e. The van der Waals surface area contributed by atoms with Crippen LogP contribution in [0.1, 0.15) is 12.1 Å². The summed E-state index contributed by atoms with van der Waals surface area (Å²) in [7, 11) is 0. The Morgan fingerprint density at radius 1 is 1.62 bits per heavy atom. The molecule has 0 aromatic carbocycles. The van der Waals surface area contributed by atoms with Gasteiger partial charge in [0.2, 0.25) is 0 Å². The Labute approximate surface area is 83.7 Å². The van der Waals surface area contributed by atoms with E-state index < -0.39 is 0 Å². The molecule has 1 rings (SSSR count). The molecule has 13 heavy (non-hydrogen) atoms. The van der Waals surface area contributed by atoms with Crippen LogP contribution in [0.2, 0.25) is 0 Å². The molecule has 0 aliphatic heterocycles. The molecule has 0 saturated carbocycles. The largest absolute Gasteiger partial charge is 0.330 e. The van der Waals surface area contributed by atoms with Gasteiger partial charge in [-0.2, -0.15) is 16.9 Å². The van der Waals surface area contributed by atoms with Crippen LogP contribution in [-0.4, -0.2) is 28.3 Å². The van der Waals surface area contributed by atoms with Gasteiger partial charge in [-0.15, -0.1) is 0 Å².